The van der Waals surface area contributed by atoms with Crippen LogP contribution in [0.5, 0.6) is 0 Å². The molecular formula is C11H15IN2O. The van der Waals surface area contributed by atoms with E-state index >= 15 is 0 Å². The molecule has 0 aliphatic rings. The molecule has 0 aliphatic heterocycles. The van der Waals surface area contributed by atoms with Crippen LogP contribution in [0.4, 0.5) is 5.69 Å². The van der Waals surface area contributed by atoms with Crippen molar-refractivity contribution in [2.24, 2.45) is 5.73 Å². The Kier molecular flexibility index (Phi) is 4.10. The maximum absolute atomic E-state index is 11.8. The molecule has 0 saturated carbocycles. The molecule has 0 radical (unpaired) electrons. The molecule has 0 aliphatic carbocycles. The van der Waals surface area contributed by atoms with Crippen molar-refractivity contribution in [3.63, 3.8) is 0 Å². The van der Waals surface area contributed by atoms with E-state index in [2.05, 4.69) is 27.9 Å². The maximum atomic E-state index is 11.8. The lowest BCUT2D eigenvalue weighted by Gasteiger charge is -2.21. The Morgan fingerprint density at radius 2 is 2.13 bits per heavy atom. The standard InChI is InChI=1S/C11H15IN2O/c1-3-11(2,13)10(15)14-9-7-5-4-6-8(9)12/h4-7H,3,13H2,1-2H3,(H,14,15). The smallest absolute Gasteiger partial charge is 0.244 e. The molecule has 3 N–H and O–H groups in total. The van der Waals surface area contributed by atoms with E-state index in [1.54, 1.807) is 6.92 Å². The highest BCUT2D eigenvalue weighted by Crippen LogP contribution is 2.18. The second-order valence-corrected chi connectivity index (χ2v) is 4.87. The molecular weight excluding hydrogens is 303 g/mol. The van der Waals surface area contributed by atoms with Crippen LogP contribution in [0.1, 0.15) is 20.3 Å². The van der Waals surface area contributed by atoms with Gasteiger partial charge < -0.3 is 11.1 Å². The lowest BCUT2D eigenvalue weighted by atomic mass is 9.99. The zero-order valence-corrected chi connectivity index (χ0v) is 11.0. The van der Waals surface area contributed by atoms with Crippen molar-refractivity contribution in [1.29, 1.82) is 0 Å². The fourth-order valence-corrected chi connectivity index (χ4v) is 1.51. The molecule has 4 heteroatoms. The first kappa shape index (κ1) is 12.4. The van der Waals surface area contributed by atoms with Crippen LogP contribution in [-0.2, 0) is 4.79 Å². The summed E-state index contributed by atoms with van der Waals surface area (Å²) in [6.45, 7) is 3.63. The van der Waals surface area contributed by atoms with E-state index < -0.39 is 5.54 Å². The van der Waals surface area contributed by atoms with Gasteiger partial charge in [-0.15, -0.1) is 0 Å². The third kappa shape index (κ3) is 3.17. The molecule has 0 fully saturated rings. The van der Waals surface area contributed by atoms with Gasteiger partial charge in [0.2, 0.25) is 5.91 Å². The van der Waals surface area contributed by atoms with Gasteiger partial charge in [-0.2, -0.15) is 0 Å². The molecule has 0 spiro atoms. The number of anilines is 1. The van der Waals surface area contributed by atoms with Crippen molar-refractivity contribution < 1.29 is 4.79 Å². The Labute approximate surface area is 104 Å². The summed E-state index contributed by atoms with van der Waals surface area (Å²) in [7, 11) is 0. The summed E-state index contributed by atoms with van der Waals surface area (Å²) in [5.74, 6) is -0.144. The monoisotopic (exact) mass is 318 g/mol. The number of nitrogens with two attached hydrogens (primary N) is 1. The first-order valence-electron chi connectivity index (χ1n) is 4.82. The second kappa shape index (κ2) is 4.94. The molecule has 1 amide bonds. The Hall–Kier alpha value is -0.620. The number of amides is 1. The summed E-state index contributed by atoms with van der Waals surface area (Å²) >= 11 is 2.18. The summed E-state index contributed by atoms with van der Waals surface area (Å²) in [4.78, 5) is 11.8. The quantitative estimate of drug-likeness (QED) is 0.841. The van der Waals surface area contributed by atoms with Crippen molar-refractivity contribution in [2.45, 2.75) is 25.8 Å². The molecule has 0 bridgehead atoms. The Morgan fingerprint density at radius 1 is 1.53 bits per heavy atom. The van der Waals surface area contributed by atoms with Crippen LogP contribution in [0.3, 0.4) is 0 Å². The van der Waals surface area contributed by atoms with Crippen LogP contribution in [0.25, 0.3) is 0 Å². The second-order valence-electron chi connectivity index (χ2n) is 3.70. The third-order valence-electron chi connectivity index (χ3n) is 2.38. The van der Waals surface area contributed by atoms with E-state index in [4.69, 9.17) is 5.73 Å². The van der Waals surface area contributed by atoms with Crippen molar-refractivity contribution in [2.75, 3.05) is 5.32 Å². The first-order valence-corrected chi connectivity index (χ1v) is 5.90. The summed E-state index contributed by atoms with van der Waals surface area (Å²) in [5.41, 5.74) is 5.85. The lowest BCUT2D eigenvalue weighted by molar-refractivity contribution is -0.120. The van der Waals surface area contributed by atoms with Crippen molar-refractivity contribution >= 4 is 34.2 Å². The van der Waals surface area contributed by atoms with E-state index in [9.17, 15) is 4.79 Å². The minimum absolute atomic E-state index is 0.144. The van der Waals surface area contributed by atoms with Gasteiger partial charge in [0.1, 0.15) is 0 Å². The van der Waals surface area contributed by atoms with Gasteiger partial charge in [0.25, 0.3) is 0 Å². The van der Waals surface area contributed by atoms with Gasteiger partial charge in [-0.05, 0) is 48.1 Å². The fourth-order valence-electron chi connectivity index (χ4n) is 0.988. The van der Waals surface area contributed by atoms with Gasteiger partial charge in [-0.25, -0.2) is 0 Å². The number of benzene rings is 1. The van der Waals surface area contributed by atoms with Crippen molar-refractivity contribution in [1.82, 2.24) is 0 Å². The van der Waals surface area contributed by atoms with E-state index in [0.29, 0.717) is 6.42 Å². The van der Waals surface area contributed by atoms with E-state index in [-0.39, 0.29) is 5.91 Å². The van der Waals surface area contributed by atoms with E-state index in [1.165, 1.54) is 0 Å². The SMILES string of the molecule is CCC(C)(N)C(=O)Nc1ccccc1I. The van der Waals surface area contributed by atoms with Crippen LogP contribution in [0.15, 0.2) is 24.3 Å². The van der Waals surface area contributed by atoms with E-state index in [0.717, 1.165) is 9.26 Å². The van der Waals surface area contributed by atoms with Crippen molar-refractivity contribution in [3.8, 4) is 0 Å². The number of nitrogens with one attached hydrogen (secondary N) is 1. The zero-order chi connectivity index (χ0) is 11.5. The van der Waals surface area contributed by atoms with Crippen molar-refractivity contribution in [3.05, 3.63) is 27.8 Å². The molecule has 1 aromatic rings. The van der Waals surface area contributed by atoms with Gasteiger partial charge in [-0.3, -0.25) is 4.79 Å². The molecule has 3 nitrogen and oxygen atoms in total. The Morgan fingerprint density at radius 3 is 2.67 bits per heavy atom. The van der Waals surface area contributed by atoms with Crippen LogP contribution >= 0.6 is 22.6 Å². The average molecular weight is 318 g/mol. The average Bonchev–Trinajstić information content (AvgIpc) is 2.21. The number of carbonyl (C=O) groups excluding carboxylic acids is 1. The number of para-hydroxylation sites is 1. The number of hydrogen-bond acceptors (Lipinski definition) is 2. The highest BCUT2D eigenvalue weighted by atomic mass is 127. The Bertz CT molecular complexity index is 363. The highest BCUT2D eigenvalue weighted by molar-refractivity contribution is 14.1. The maximum Gasteiger partial charge on any atom is 0.244 e. The first-order chi connectivity index (χ1) is 6.97. The predicted molar refractivity (Wildman–Crippen MR) is 70.7 cm³/mol. The molecule has 82 valence electrons. The van der Waals surface area contributed by atoms with Crippen LogP contribution in [0, 0.1) is 3.57 Å². The predicted octanol–water partition coefficient (Wildman–Crippen LogP) is 2.36. The molecule has 1 atom stereocenters. The molecule has 1 aromatic carbocycles. The summed E-state index contributed by atoms with van der Waals surface area (Å²) in [6.07, 6.45) is 0.613. The molecule has 0 saturated heterocycles. The molecule has 0 aromatic heterocycles. The lowest BCUT2D eigenvalue weighted by Crippen LogP contribution is -2.47. The molecule has 1 rings (SSSR count). The number of carbonyl (C=O) groups is 1. The minimum atomic E-state index is -0.807. The number of hydrogen-bond donors (Lipinski definition) is 2. The molecule has 0 heterocycles. The largest absolute Gasteiger partial charge is 0.324 e. The van der Waals surface area contributed by atoms with Gasteiger partial charge in [0.15, 0.2) is 0 Å². The Balaban J connectivity index is 2.80. The summed E-state index contributed by atoms with van der Waals surface area (Å²) in [5, 5.41) is 2.83. The van der Waals surface area contributed by atoms with Gasteiger partial charge in [0.05, 0.1) is 11.2 Å². The highest BCUT2D eigenvalue weighted by Gasteiger charge is 2.26. The number of rotatable bonds is 3. The minimum Gasteiger partial charge on any atom is -0.324 e. The zero-order valence-electron chi connectivity index (χ0n) is 8.88. The van der Waals surface area contributed by atoms with Crippen LogP contribution < -0.4 is 11.1 Å². The molecule has 15 heavy (non-hydrogen) atoms. The summed E-state index contributed by atoms with van der Waals surface area (Å²) in [6, 6.07) is 7.62. The van der Waals surface area contributed by atoms with Gasteiger partial charge >= 0.3 is 0 Å². The third-order valence-corrected chi connectivity index (χ3v) is 3.32. The van der Waals surface area contributed by atoms with Gasteiger partial charge in [0, 0.05) is 3.57 Å². The van der Waals surface area contributed by atoms with Crippen LogP contribution in [-0.4, -0.2) is 11.4 Å². The van der Waals surface area contributed by atoms with Gasteiger partial charge in [-0.1, -0.05) is 19.1 Å². The number of halogens is 1. The molecule has 1 unspecified atom stereocenters. The topological polar surface area (TPSA) is 55.1 Å². The fraction of sp³-hybridized carbons (Fsp3) is 0.364. The normalized spacial score (nSPS) is 14.4. The summed E-state index contributed by atoms with van der Waals surface area (Å²) < 4.78 is 1.01. The van der Waals surface area contributed by atoms with Crippen LogP contribution in [0.2, 0.25) is 0 Å². The van der Waals surface area contributed by atoms with E-state index in [1.807, 2.05) is 31.2 Å².